The van der Waals surface area contributed by atoms with Crippen LogP contribution in [0.2, 0.25) is 5.02 Å². The smallest absolute Gasteiger partial charge is 0.327 e. The van der Waals surface area contributed by atoms with E-state index in [0.29, 0.717) is 34.0 Å². The highest BCUT2D eigenvalue weighted by atomic mass is 35.5. The molecule has 1 aromatic carbocycles. The molecule has 11 heteroatoms. The van der Waals surface area contributed by atoms with Crippen molar-refractivity contribution < 1.29 is 14.3 Å². The lowest BCUT2D eigenvalue weighted by Gasteiger charge is -2.10. The van der Waals surface area contributed by atoms with Crippen molar-refractivity contribution in [3.05, 3.63) is 46.7 Å². The van der Waals surface area contributed by atoms with Crippen LogP contribution in [0.5, 0.6) is 11.8 Å². The molecule has 0 spiro atoms. The van der Waals surface area contributed by atoms with Crippen LogP contribution in [0.3, 0.4) is 0 Å². The number of hydrogen-bond donors (Lipinski definition) is 3. The van der Waals surface area contributed by atoms with E-state index < -0.39 is 11.9 Å². The summed E-state index contributed by atoms with van der Waals surface area (Å²) in [5.74, 6) is 0.356. The molecule has 2 aromatic heterocycles. The number of anilines is 1. The molecule has 3 aromatic rings. The molecule has 29 heavy (non-hydrogen) atoms. The molecular weight excluding hydrogens is 398 g/mol. The number of halogens is 1. The molecule has 3 amide bonds. The molecule has 0 radical (unpaired) electrons. The van der Waals surface area contributed by atoms with Crippen LogP contribution >= 0.6 is 11.6 Å². The van der Waals surface area contributed by atoms with Crippen molar-refractivity contribution in [3.8, 4) is 11.8 Å². The minimum absolute atomic E-state index is 0.0776. The van der Waals surface area contributed by atoms with Gasteiger partial charge in [0, 0.05) is 11.6 Å². The van der Waals surface area contributed by atoms with Crippen molar-refractivity contribution in [2.45, 2.75) is 18.9 Å². The van der Waals surface area contributed by atoms with Gasteiger partial charge < -0.3 is 15.4 Å². The van der Waals surface area contributed by atoms with Crippen molar-refractivity contribution in [2.24, 2.45) is 0 Å². The van der Waals surface area contributed by atoms with Gasteiger partial charge in [0.25, 0.3) is 5.91 Å². The van der Waals surface area contributed by atoms with E-state index >= 15 is 0 Å². The standard InChI is InChI=1S/C18H14ClN7O3/c19-11-3-1-2-4-13(11)29-18-23-14-9(7-12-15(27)24-17(28)22-12)8-20-26(14)16(25-18)21-10-5-6-10/h1-4,7-8,10H,5-6H2,(H,21,23,25)(H2,22,24,27,28)/b12-7-. The van der Waals surface area contributed by atoms with Gasteiger partial charge in [0.2, 0.25) is 5.95 Å². The number of fused-ring (bicyclic) bond motifs is 1. The zero-order valence-electron chi connectivity index (χ0n) is 14.8. The highest BCUT2D eigenvalue weighted by Crippen LogP contribution is 2.30. The number of urea groups is 1. The zero-order valence-corrected chi connectivity index (χ0v) is 15.6. The predicted molar refractivity (Wildman–Crippen MR) is 104 cm³/mol. The molecule has 1 aliphatic heterocycles. The molecule has 0 unspecified atom stereocenters. The average molecular weight is 412 g/mol. The summed E-state index contributed by atoms with van der Waals surface area (Å²) < 4.78 is 7.31. The van der Waals surface area contributed by atoms with Crippen LogP contribution < -0.4 is 20.7 Å². The molecule has 0 bridgehead atoms. The first-order valence-corrected chi connectivity index (χ1v) is 9.23. The fourth-order valence-electron chi connectivity index (χ4n) is 2.79. The highest BCUT2D eigenvalue weighted by Gasteiger charge is 2.26. The number of carbonyl (C=O) groups is 2. The fourth-order valence-corrected chi connectivity index (χ4v) is 2.96. The van der Waals surface area contributed by atoms with Gasteiger partial charge in [-0.2, -0.15) is 19.6 Å². The zero-order chi connectivity index (χ0) is 20.0. The molecule has 146 valence electrons. The van der Waals surface area contributed by atoms with Crippen LogP contribution in [0.15, 0.2) is 36.2 Å². The molecule has 3 N–H and O–H groups in total. The fraction of sp³-hybridized carbons (Fsp3) is 0.167. The van der Waals surface area contributed by atoms with Crippen LogP contribution in [0.1, 0.15) is 18.4 Å². The summed E-state index contributed by atoms with van der Waals surface area (Å²) >= 11 is 6.17. The molecule has 2 fully saturated rings. The van der Waals surface area contributed by atoms with E-state index in [-0.39, 0.29) is 11.7 Å². The Morgan fingerprint density at radius 1 is 1.21 bits per heavy atom. The first-order valence-electron chi connectivity index (χ1n) is 8.85. The Labute approximate surface area is 168 Å². The molecular formula is C18H14ClN7O3. The van der Waals surface area contributed by atoms with E-state index in [1.807, 2.05) is 0 Å². The molecule has 1 saturated heterocycles. The Bertz CT molecular complexity index is 1190. The van der Waals surface area contributed by atoms with Gasteiger partial charge in [-0.3, -0.25) is 10.1 Å². The summed E-state index contributed by atoms with van der Waals surface area (Å²) in [4.78, 5) is 32.0. The summed E-state index contributed by atoms with van der Waals surface area (Å²) in [5, 5.41) is 12.6. The minimum Gasteiger partial charge on any atom is -0.423 e. The second kappa shape index (κ2) is 6.74. The van der Waals surface area contributed by atoms with Crippen molar-refractivity contribution in [2.75, 3.05) is 5.32 Å². The molecule has 10 nitrogen and oxygen atoms in total. The maximum atomic E-state index is 11.8. The Hall–Kier alpha value is -3.66. The van der Waals surface area contributed by atoms with E-state index in [1.165, 1.54) is 16.8 Å². The number of benzene rings is 1. The predicted octanol–water partition coefficient (Wildman–Crippen LogP) is 2.32. The van der Waals surface area contributed by atoms with Gasteiger partial charge in [0.1, 0.15) is 11.4 Å². The van der Waals surface area contributed by atoms with Gasteiger partial charge in [-0.1, -0.05) is 23.7 Å². The van der Waals surface area contributed by atoms with Crippen LogP contribution in [0, 0.1) is 0 Å². The lowest BCUT2D eigenvalue weighted by Crippen LogP contribution is -2.22. The Morgan fingerprint density at radius 3 is 2.76 bits per heavy atom. The van der Waals surface area contributed by atoms with Crippen LogP contribution in [0.4, 0.5) is 10.7 Å². The first-order chi connectivity index (χ1) is 14.1. The van der Waals surface area contributed by atoms with Gasteiger partial charge in [-0.05, 0) is 31.1 Å². The van der Waals surface area contributed by atoms with E-state index in [2.05, 4.69) is 31.0 Å². The maximum Gasteiger partial charge on any atom is 0.327 e. The molecule has 1 saturated carbocycles. The summed E-state index contributed by atoms with van der Waals surface area (Å²) in [6, 6.07) is 6.81. The molecule has 1 aliphatic carbocycles. The lowest BCUT2D eigenvalue weighted by atomic mass is 10.2. The van der Waals surface area contributed by atoms with E-state index in [4.69, 9.17) is 16.3 Å². The van der Waals surface area contributed by atoms with E-state index in [9.17, 15) is 9.59 Å². The van der Waals surface area contributed by atoms with Gasteiger partial charge in [-0.15, -0.1) is 0 Å². The van der Waals surface area contributed by atoms with Gasteiger partial charge in [0.05, 0.1) is 11.2 Å². The summed E-state index contributed by atoms with van der Waals surface area (Å²) in [6.07, 6.45) is 5.11. The second-order valence-electron chi connectivity index (χ2n) is 6.58. The molecule has 3 heterocycles. The molecule has 0 atom stereocenters. The number of rotatable bonds is 5. The molecule has 5 rings (SSSR count). The monoisotopic (exact) mass is 411 g/mol. The summed E-state index contributed by atoms with van der Waals surface area (Å²) in [6.45, 7) is 0. The first kappa shape index (κ1) is 17.4. The van der Waals surface area contributed by atoms with Crippen LogP contribution in [-0.4, -0.2) is 37.6 Å². The van der Waals surface area contributed by atoms with Crippen molar-refractivity contribution in [3.63, 3.8) is 0 Å². The lowest BCUT2D eigenvalue weighted by molar-refractivity contribution is -0.115. The van der Waals surface area contributed by atoms with Crippen molar-refractivity contribution in [1.29, 1.82) is 0 Å². The van der Waals surface area contributed by atoms with Gasteiger partial charge >= 0.3 is 12.0 Å². The number of para-hydroxylation sites is 1. The minimum atomic E-state index is -0.578. The third kappa shape index (κ3) is 3.45. The van der Waals surface area contributed by atoms with Gasteiger partial charge in [-0.25, -0.2) is 4.79 Å². The summed E-state index contributed by atoms with van der Waals surface area (Å²) in [7, 11) is 0. The quantitative estimate of drug-likeness (QED) is 0.435. The number of ether oxygens (including phenoxy) is 1. The number of aromatic nitrogens is 4. The van der Waals surface area contributed by atoms with Crippen LogP contribution in [0.25, 0.3) is 11.7 Å². The number of nitrogens with zero attached hydrogens (tertiary/aromatic N) is 4. The number of nitrogens with one attached hydrogen (secondary N) is 3. The van der Waals surface area contributed by atoms with Crippen molar-refractivity contribution >= 4 is 41.2 Å². The Kier molecular flexibility index (Phi) is 4.06. The Morgan fingerprint density at radius 2 is 2.03 bits per heavy atom. The SMILES string of the molecule is O=C1NC(=O)/C(=C/c2cnn3c(NC4CC4)nc(Oc4ccccc4Cl)nc23)N1. The number of imide groups is 1. The van der Waals surface area contributed by atoms with E-state index in [0.717, 1.165) is 12.8 Å². The second-order valence-corrected chi connectivity index (χ2v) is 6.99. The number of amides is 3. The summed E-state index contributed by atoms with van der Waals surface area (Å²) in [5.41, 5.74) is 1.03. The van der Waals surface area contributed by atoms with E-state index in [1.54, 1.807) is 24.3 Å². The van der Waals surface area contributed by atoms with Gasteiger partial charge in [0.15, 0.2) is 5.65 Å². The molecule has 2 aliphatic rings. The third-order valence-corrected chi connectivity index (χ3v) is 4.66. The largest absolute Gasteiger partial charge is 0.423 e. The van der Waals surface area contributed by atoms with Crippen LogP contribution in [-0.2, 0) is 4.79 Å². The van der Waals surface area contributed by atoms with Crippen molar-refractivity contribution in [1.82, 2.24) is 30.2 Å². The Balaban J connectivity index is 1.59. The highest BCUT2D eigenvalue weighted by molar-refractivity contribution is 6.32. The normalized spacial score (nSPS) is 17.5. The maximum absolute atomic E-state index is 11.8. The number of hydrogen-bond acceptors (Lipinski definition) is 7. The number of carbonyl (C=O) groups excluding carboxylic acids is 2. The topological polar surface area (TPSA) is 123 Å². The average Bonchev–Trinajstić information content (AvgIpc) is 3.33. The third-order valence-electron chi connectivity index (χ3n) is 4.34.